The van der Waals surface area contributed by atoms with Crippen LogP contribution in [0.4, 0.5) is 5.82 Å². The lowest BCUT2D eigenvalue weighted by Gasteiger charge is -2.15. The van der Waals surface area contributed by atoms with Gasteiger partial charge in [0.05, 0.1) is 17.4 Å². The van der Waals surface area contributed by atoms with E-state index >= 15 is 0 Å². The van der Waals surface area contributed by atoms with E-state index in [1.165, 1.54) is 12.5 Å². The standard InChI is InChI=1S/C22H24ClN5O6S2/c1-11-18(19(30)12-3-2-4-14(23)5-12)28-22(35-11)20(31)16-9-24-10-25-21(16)27-15-6-13(17(29)7-15)8-26-36(32,33)34/h2-5,9-10,13,15,17,19,26,29-30H,6-8H2,1H3,(H,24,25,27)(H,32,33,34)/t13-,15-,17+,19?/m1/s1. The third-order valence-corrected chi connectivity index (χ3v) is 7.69. The summed E-state index contributed by atoms with van der Waals surface area (Å²) in [5, 5.41) is 24.9. The first-order chi connectivity index (χ1) is 17.0. The van der Waals surface area contributed by atoms with Crippen LogP contribution in [0.5, 0.6) is 0 Å². The van der Waals surface area contributed by atoms with Crippen LogP contribution in [0.1, 0.15) is 50.4 Å². The van der Waals surface area contributed by atoms with E-state index in [0.29, 0.717) is 34.0 Å². The van der Waals surface area contributed by atoms with Crippen molar-refractivity contribution in [2.24, 2.45) is 5.92 Å². The van der Waals surface area contributed by atoms with E-state index in [4.69, 9.17) is 16.2 Å². The van der Waals surface area contributed by atoms with E-state index in [0.717, 1.165) is 11.3 Å². The first kappa shape index (κ1) is 26.5. The van der Waals surface area contributed by atoms with Gasteiger partial charge in [-0.1, -0.05) is 23.7 Å². The zero-order chi connectivity index (χ0) is 26.0. The van der Waals surface area contributed by atoms with Crippen LogP contribution >= 0.6 is 22.9 Å². The van der Waals surface area contributed by atoms with Gasteiger partial charge in [-0.3, -0.25) is 9.35 Å². The summed E-state index contributed by atoms with van der Waals surface area (Å²) in [6.07, 6.45) is 1.46. The summed E-state index contributed by atoms with van der Waals surface area (Å²) in [6.45, 7) is 1.64. The topological polar surface area (TPSA) is 175 Å². The molecule has 2 aromatic heterocycles. The second kappa shape index (κ2) is 10.8. The zero-order valence-corrected chi connectivity index (χ0v) is 21.4. The summed E-state index contributed by atoms with van der Waals surface area (Å²) in [4.78, 5) is 26.5. The average molecular weight is 554 g/mol. The number of aromatic nitrogens is 3. The first-order valence-corrected chi connectivity index (χ1v) is 13.6. The minimum Gasteiger partial charge on any atom is -0.393 e. The Labute approximate surface area is 216 Å². The number of halogens is 1. The van der Waals surface area contributed by atoms with Gasteiger partial charge in [0.15, 0.2) is 5.01 Å². The molecule has 1 saturated carbocycles. The average Bonchev–Trinajstić information content (AvgIpc) is 3.38. The van der Waals surface area contributed by atoms with Gasteiger partial charge in [-0.15, -0.1) is 11.3 Å². The van der Waals surface area contributed by atoms with E-state index in [-0.39, 0.29) is 29.0 Å². The Kier molecular flexibility index (Phi) is 7.99. The molecule has 0 radical (unpaired) electrons. The van der Waals surface area contributed by atoms with Gasteiger partial charge in [0, 0.05) is 34.6 Å². The molecule has 36 heavy (non-hydrogen) atoms. The molecule has 0 amide bonds. The first-order valence-electron chi connectivity index (χ1n) is 10.9. The second-order valence-corrected chi connectivity index (χ2v) is 11.4. The molecule has 192 valence electrons. The van der Waals surface area contributed by atoms with Crippen molar-refractivity contribution in [1.82, 2.24) is 19.7 Å². The molecule has 5 N–H and O–H groups in total. The number of ketones is 1. The predicted octanol–water partition coefficient (Wildman–Crippen LogP) is 2.15. The molecule has 2 heterocycles. The van der Waals surface area contributed by atoms with Crippen LogP contribution in [-0.2, 0) is 10.3 Å². The minimum absolute atomic E-state index is 0.121. The highest BCUT2D eigenvalue weighted by molar-refractivity contribution is 7.83. The van der Waals surface area contributed by atoms with Crippen LogP contribution < -0.4 is 10.0 Å². The van der Waals surface area contributed by atoms with Gasteiger partial charge in [-0.05, 0) is 37.5 Å². The maximum atomic E-state index is 13.3. The number of aliphatic hydroxyl groups excluding tert-OH is 2. The van der Waals surface area contributed by atoms with Crippen molar-refractivity contribution in [3.05, 3.63) is 68.5 Å². The summed E-state index contributed by atoms with van der Waals surface area (Å²) in [7, 11) is -4.36. The Morgan fingerprint density at radius 3 is 2.83 bits per heavy atom. The van der Waals surface area contributed by atoms with Gasteiger partial charge in [0.2, 0.25) is 5.78 Å². The third-order valence-electron chi connectivity index (χ3n) is 5.93. The lowest BCUT2D eigenvalue weighted by molar-refractivity contribution is 0.103. The monoisotopic (exact) mass is 553 g/mol. The van der Waals surface area contributed by atoms with Crippen LogP contribution in [0.3, 0.4) is 0 Å². The van der Waals surface area contributed by atoms with Crippen molar-refractivity contribution in [2.45, 2.75) is 38.0 Å². The van der Waals surface area contributed by atoms with Crippen LogP contribution in [0, 0.1) is 12.8 Å². The van der Waals surface area contributed by atoms with E-state index in [2.05, 4.69) is 20.3 Å². The molecule has 0 bridgehead atoms. The SMILES string of the molecule is Cc1sc(C(=O)c2cncnc2N[C@@H]2C[C@H](CNS(=O)(=O)O)[C@@H](O)C2)nc1C(O)c1cccc(Cl)c1. The number of thiazole rings is 1. The summed E-state index contributed by atoms with van der Waals surface area (Å²) in [5.41, 5.74) is 1.08. The molecular weight excluding hydrogens is 530 g/mol. The molecule has 4 rings (SSSR count). The Morgan fingerprint density at radius 2 is 2.11 bits per heavy atom. The molecule has 0 aliphatic heterocycles. The van der Waals surface area contributed by atoms with Crippen molar-refractivity contribution in [3.63, 3.8) is 0 Å². The third kappa shape index (κ3) is 6.24. The lowest BCUT2D eigenvalue weighted by Crippen LogP contribution is -2.32. The number of anilines is 1. The maximum absolute atomic E-state index is 13.3. The summed E-state index contributed by atoms with van der Waals surface area (Å²) in [6, 6.07) is 6.47. The van der Waals surface area contributed by atoms with Crippen LogP contribution in [0.15, 0.2) is 36.8 Å². The van der Waals surface area contributed by atoms with E-state index < -0.39 is 34.2 Å². The number of rotatable bonds is 9. The largest absolute Gasteiger partial charge is 0.393 e. The van der Waals surface area contributed by atoms with Crippen LogP contribution in [0.25, 0.3) is 0 Å². The summed E-state index contributed by atoms with van der Waals surface area (Å²) >= 11 is 7.17. The molecule has 14 heteroatoms. The van der Waals surface area contributed by atoms with E-state index in [1.807, 2.05) is 4.72 Å². The number of aryl methyl sites for hydroxylation is 1. The van der Waals surface area contributed by atoms with Gasteiger partial charge in [-0.2, -0.15) is 13.1 Å². The highest BCUT2D eigenvalue weighted by Crippen LogP contribution is 2.32. The lowest BCUT2D eigenvalue weighted by atomic mass is 10.1. The van der Waals surface area contributed by atoms with Gasteiger partial charge in [-0.25, -0.2) is 15.0 Å². The molecule has 4 atom stereocenters. The van der Waals surface area contributed by atoms with E-state index in [9.17, 15) is 23.4 Å². The number of benzene rings is 1. The number of carbonyl (C=O) groups is 1. The van der Waals surface area contributed by atoms with Crippen LogP contribution in [-0.4, -0.2) is 62.6 Å². The Balaban J connectivity index is 1.51. The molecule has 1 aliphatic rings. The molecular formula is C22H24ClN5O6S2. The quantitative estimate of drug-likeness (QED) is 0.195. The predicted molar refractivity (Wildman–Crippen MR) is 134 cm³/mol. The van der Waals surface area contributed by atoms with Crippen molar-refractivity contribution in [3.8, 4) is 0 Å². The molecule has 0 spiro atoms. The Bertz CT molecular complexity index is 1370. The normalized spacial score (nSPS) is 20.9. The number of aliphatic hydroxyl groups is 2. The molecule has 11 nitrogen and oxygen atoms in total. The molecule has 1 aromatic carbocycles. The Morgan fingerprint density at radius 1 is 1.33 bits per heavy atom. The number of carbonyl (C=O) groups excluding carboxylic acids is 1. The molecule has 1 unspecified atom stereocenters. The van der Waals surface area contributed by atoms with E-state index in [1.54, 1.807) is 31.2 Å². The number of hydrogen-bond donors (Lipinski definition) is 5. The van der Waals surface area contributed by atoms with Crippen molar-refractivity contribution in [2.75, 3.05) is 11.9 Å². The highest BCUT2D eigenvalue weighted by atomic mass is 35.5. The molecule has 0 saturated heterocycles. The number of nitrogens with one attached hydrogen (secondary N) is 2. The van der Waals surface area contributed by atoms with Crippen molar-refractivity contribution >= 4 is 44.8 Å². The van der Waals surface area contributed by atoms with Gasteiger partial charge in [0.25, 0.3) is 0 Å². The highest BCUT2D eigenvalue weighted by Gasteiger charge is 2.34. The van der Waals surface area contributed by atoms with Gasteiger partial charge >= 0.3 is 10.3 Å². The Hall–Kier alpha value is -2.52. The minimum atomic E-state index is -4.36. The van der Waals surface area contributed by atoms with Gasteiger partial charge in [0.1, 0.15) is 18.2 Å². The fourth-order valence-corrected chi connectivity index (χ4v) is 5.69. The molecule has 1 aliphatic carbocycles. The van der Waals surface area contributed by atoms with Gasteiger partial charge < -0.3 is 15.5 Å². The van der Waals surface area contributed by atoms with Crippen molar-refractivity contribution < 1.29 is 28.0 Å². The van der Waals surface area contributed by atoms with Crippen molar-refractivity contribution in [1.29, 1.82) is 0 Å². The summed E-state index contributed by atoms with van der Waals surface area (Å²) in [5.74, 6) is -0.609. The second-order valence-electron chi connectivity index (χ2n) is 8.50. The zero-order valence-electron chi connectivity index (χ0n) is 19.0. The fraction of sp³-hybridized carbons (Fsp3) is 0.364. The number of nitrogens with zero attached hydrogens (tertiary/aromatic N) is 3. The maximum Gasteiger partial charge on any atom is 0.333 e. The molecule has 1 fully saturated rings. The smallest absolute Gasteiger partial charge is 0.333 e. The summed E-state index contributed by atoms with van der Waals surface area (Å²) < 4.78 is 32.8. The molecule has 3 aromatic rings. The fourth-order valence-electron chi connectivity index (χ4n) is 4.17. The number of hydrogen-bond acceptors (Lipinski definition) is 10. The van der Waals surface area contributed by atoms with Crippen LogP contribution in [0.2, 0.25) is 5.02 Å².